The van der Waals surface area contributed by atoms with Gasteiger partial charge in [-0.2, -0.15) is 0 Å². The Morgan fingerprint density at radius 1 is 0.938 bits per heavy atom. The Hall–Kier alpha value is -3.14. The van der Waals surface area contributed by atoms with E-state index in [4.69, 9.17) is 4.74 Å². The van der Waals surface area contributed by atoms with Crippen LogP contribution in [0.25, 0.3) is 10.6 Å². The van der Waals surface area contributed by atoms with E-state index in [1.165, 1.54) is 23.1 Å². The Morgan fingerprint density at radius 3 is 2.62 bits per heavy atom. The normalized spacial score (nSPS) is 10.5. The van der Waals surface area contributed by atoms with Crippen molar-refractivity contribution in [3.05, 3.63) is 77.5 Å². The number of rotatable bonds is 9. The third-order valence-corrected chi connectivity index (χ3v) is 6.77. The molecule has 0 aliphatic rings. The molecule has 0 saturated heterocycles. The number of ether oxygens (including phenoxy) is 1. The van der Waals surface area contributed by atoms with Crippen molar-refractivity contribution in [2.75, 3.05) is 23.0 Å². The zero-order chi connectivity index (χ0) is 22.2. The molecular formula is C23H19N3O3S3. The summed E-state index contributed by atoms with van der Waals surface area (Å²) in [6.07, 6.45) is 0. The lowest BCUT2D eigenvalue weighted by molar-refractivity contribution is -0.118. The second-order valence-corrected chi connectivity index (χ2v) is 9.38. The molecule has 2 aromatic heterocycles. The number of amides is 2. The lowest BCUT2D eigenvalue weighted by Crippen LogP contribution is -2.20. The van der Waals surface area contributed by atoms with Crippen LogP contribution >= 0.6 is 34.4 Å². The predicted molar refractivity (Wildman–Crippen MR) is 132 cm³/mol. The van der Waals surface area contributed by atoms with Crippen LogP contribution < -0.4 is 15.4 Å². The molecule has 0 spiro atoms. The van der Waals surface area contributed by atoms with Crippen LogP contribution in [-0.4, -0.2) is 29.2 Å². The van der Waals surface area contributed by atoms with Crippen LogP contribution in [0.4, 0.5) is 10.8 Å². The molecule has 4 aromatic rings. The van der Waals surface area contributed by atoms with E-state index in [1.54, 1.807) is 29.5 Å². The zero-order valence-corrected chi connectivity index (χ0v) is 19.3. The van der Waals surface area contributed by atoms with Gasteiger partial charge in [-0.25, -0.2) is 4.98 Å². The summed E-state index contributed by atoms with van der Waals surface area (Å²) in [6, 6.07) is 20.5. The molecule has 0 unspecified atom stereocenters. The van der Waals surface area contributed by atoms with E-state index >= 15 is 0 Å². The molecule has 2 N–H and O–H groups in total. The summed E-state index contributed by atoms with van der Waals surface area (Å²) in [5.74, 6) is 0.496. The third kappa shape index (κ3) is 6.43. The van der Waals surface area contributed by atoms with Gasteiger partial charge in [0.2, 0.25) is 5.91 Å². The van der Waals surface area contributed by atoms with Crippen LogP contribution in [0.3, 0.4) is 0 Å². The minimum absolute atomic E-state index is 0.0783. The van der Waals surface area contributed by atoms with E-state index in [-0.39, 0.29) is 24.2 Å². The minimum Gasteiger partial charge on any atom is -0.484 e. The number of aromatic nitrogens is 1. The monoisotopic (exact) mass is 481 g/mol. The van der Waals surface area contributed by atoms with Crippen molar-refractivity contribution in [1.82, 2.24) is 4.98 Å². The van der Waals surface area contributed by atoms with Crippen LogP contribution in [0.15, 0.2) is 82.4 Å². The van der Waals surface area contributed by atoms with Gasteiger partial charge in [0.05, 0.1) is 16.3 Å². The first-order valence-electron chi connectivity index (χ1n) is 9.65. The summed E-state index contributed by atoms with van der Waals surface area (Å²) < 4.78 is 5.46. The van der Waals surface area contributed by atoms with Gasteiger partial charge >= 0.3 is 0 Å². The van der Waals surface area contributed by atoms with Gasteiger partial charge in [-0.1, -0.05) is 30.3 Å². The van der Waals surface area contributed by atoms with Crippen LogP contribution in [0, 0.1) is 0 Å². The van der Waals surface area contributed by atoms with Crippen molar-refractivity contribution in [3.63, 3.8) is 0 Å². The van der Waals surface area contributed by atoms with Crippen molar-refractivity contribution >= 4 is 57.1 Å². The number of hydrogen-bond donors (Lipinski definition) is 2. The topological polar surface area (TPSA) is 80.3 Å². The van der Waals surface area contributed by atoms with Gasteiger partial charge in [0.25, 0.3) is 5.91 Å². The number of carbonyl (C=O) groups is 2. The van der Waals surface area contributed by atoms with Gasteiger partial charge in [-0.15, -0.1) is 34.4 Å². The van der Waals surface area contributed by atoms with E-state index in [1.807, 2.05) is 59.3 Å². The smallest absolute Gasteiger partial charge is 0.262 e. The number of benzene rings is 2. The Bertz CT molecular complexity index is 1180. The van der Waals surface area contributed by atoms with E-state index in [0.29, 0.717) is 16.6 Å². The Labute approximate surface area is 197 Å². The molecule has 2 amide bonds. The number of carbonyl (C=O) groups excluding carboxylic acids is 2. The number of hydrogen-bond acceptors (Lipinski definition) is 7. The van der Waals surface area contributed by atoms with Crippen molar-refractivity contribution in [3.8, 4) is 16.3 Å². The van der Waals surface area contributed by atoms with Gasteiger partial charge < -0.3 is 15.4 Å². The lowest BCUT2D eigenvalue weighted by atomic mass is 10.3. The van der Waals surface area contributed by atoms with Crippen molar-refractivity contribution in [2.24, 2.45) is 0 Å². The highest BCUT2D eigenvalue weighted by molar-refractivity contribution is 8.00. The van der Waals surface area contributed by atoms with E-state index in [9.17, 15) is 9.59 Å². The molecule has 9 heteroatoms. The molecule has 162 valence electrons. The molecule has 32 heavy (non-hydrogen) atoms. The van der Waals surface area contributed by atoms with Gasteiger partial charge in [0.1, 0.15) is 5.75 Å². The molecular weight excluding hydrogens is 462 g/mol. The quantitative estimate of drug-likeness (QED) is 0.303. The van der Waals surface area contributed by atoms with Crippen molar-refractivity contribution < 1.29 is 14.3 Å². The molecule has 4 rings (SSSR count). The van der Waals surface area contributed by atoms with E-state index in [0.717, 1.165) is 15.5 Å². The van der Waals surface area contributed by atoms with Crippen LogP contribution in [-0.2, 0) is 9.59 Å². The Balaban J connectivity index is 1.24. The highest BCUT2D eigenvalue weighted by atomic mass is 32.2. The number of para-hydroxylation sites is 1. The fraction of sp³-hybridized carbons (Fsp3) is 0.0870. The molecule has 0 atom stereocenters. The van der Waals surface area contributed by atoms with Crippen LogP contribution in [0.5, 0.6) is 5.75 Å². The second kappa shape index (κ2) is 10.9. The average molecular weight is 482 g/mol. The Kier molecular flexibility index (Phi) is 7.55. The Morgan fingerprint density at radius 2 is 1.81 bits per heavy atom. The summed E-state index contributed by atoms with van der Waals surface area (Å²) in [4.78, 5) is 30.9. The molecule has 0 bridgehead atoms. The number of thiophene rings is 1. The summed E-state index contributed by atoms with van der Waals surface area (Å²) >= 11 is 4.41. The molecule has 2 heterocycles. The van der Waals surface area contributed by atoms with Gasteiger partial charge in [-0.3, -0.25) is 9.59 Å². The second-order valence-electron chi connectivity index (χ2n) is 6.53. The van der Waals surface area contributed by atoms with Crippen molar-refractivity contribution in [2.45, 2.75) is 4.90 Å². The standard InChI is InChI=1S/C23H19N3O3S3/c27-21(13-29-17-7-2-1-3-8-17)24-16-6-4-9-18(12-16)31-15-22(28)26-23-25-19(14-32-23)20-10-5-11-30-20/h1-12,14H,13,15H2,(H,24,27)(H,25,26,28). The summed E-state index contributed by atoms with van der Waals surface area (Å²) in [5.41, 5.74) is 1.52. The molecule has 0 fully saturated rings. The first kappa shape index (κ1) is 22.1. The number of thiazole rings is 1. The van der Waals surface area contributed by atoms with Gasteiger partial charge in [-0.05, 0) is 41.8 Å². The third-order valence-electron chi connectivity index (χ3n) is 4.13. The summed E-state index contributed by atoms with van der Waals surface area (Å²) in [7, 11) is 0. The number of anilines is 2. The van der Waals surface area contributed by atoms with Crippen LogP contribution in [0.1, 0.15) is 0 Å². The molecule has 0 aliphatic heterocycles. The first-order chi connectivity index (χ1) is 15.7. The predicted octanol–water partition coefficient (Wildman–Crippen LogP) is 5.62. The van der Waals surface area contributed by atoms with Gasteiger partial charge in [0.15, 0.2) is 11.7 Å². The molecule has 0 aliphatic carbocycles. The zero-order valence-electron chi connectivity index (χ0n) is 16.8. The fourth-order valence-electron chi connectivity index (χ4n) is 2.70. The molecule has 0 radical (unpaired) electrons. The molecule has 0 saturated carbocycles. The summed E-state index contributed by atoms with van der Waals surface area (Å²) in [5, 5.41) is 10.2. The van der Waals surface area contributed by atoms with Crippen molar-refractivity contribution in [1.29, 1.82) is 0 Å². The maximum atomic E-state index is 12.3. The molecule has 6 nitrogen and oxygen atoms in total. The highest BCUT2D eigenvalue weighted by Gasteiger charge is 2.10. The number of nitrogens with zero attached hydrogens (tertiary/aromatic N) is 1. The summed E-state index contributed by atoms with van der Waals surface area (Å²) in [6.45, 7) is -0.0783. The average Bonchev–Trinajstić information content (AvgIpc) is 3.49. The van der Waals surface area contributed by atoms with Crippen LogP contribution in [0.2, 0.25) is 0 Å². The molecule has 2 aromatic carbocycles. The largest absolute Gasteiger partial charge is 0.484 e. The number of nitrogens with one attached hydrogen (secondary N) is 2. The lowest BCUT2D eigenvalue weighted by Gasteiger charge is -2.09. The minimum atomic E-state index is -0.251. The maximum Gasteiger partial charge on any atom is 0.262 e. The SMILES string of the molecule is O=C(COc1ccccc1)Nc1cccc(SCC(=O)Nc2nc(-c3cccs3)cs2)c1. The number of thioether (sulfide) groups is 1. The van der Waals surface area contributed by atoms with E-state index < -0.39 is 0 Å². The van der Waals surface area contributed by atoms with E-state index in [2.05, 4.69) is 15.6 Å². The highest BCUT2D eigenvalue weighted by Crippen LogP contribution is 2.28. The first-order valence-corrected chi connectivity index (χ1v) is 12.4. The maximum absolute atomic E-state index is 12.3. The van der Waals surface area contributed by atoms with Gasteiger partial charge in [0, 0.05) is 16.0 Å². The fourth-order valence-corrected chi connectivity index (χ4v) is 4.94.